The van der Waals surface area contributed by atoms with E-state index in [1.807, 2.05) is 35.8 Å². The van der Waals surface area contributed by atoms with Crippen LogP contribution in [0.4, 0.5) is 5.95 Å². The predicted octanol–water partition coefficient (Wildman–Crippen LogP) is 1.46. The van der Waals surface area contributed by atoms with Gasteiger partial charge in [0.15, 0.2) is 11.2 Å². The average molecular weight is 382 g/mol. The number of aromatic nitrogens is 4. The molecule has 4 N–H and O–H groups in total. The van der Waals surface area contributed by atoms with E-state index in [0.29, 0.717) is 23.7 Å². The summed E-state index contributed by atoms with van der Waals surface area (Å²) in [5, 5.41) is 3.46. The molecule has 2 aromatic heterocycles. The lowest BCUT2D eigenvalue weighted by molar-refractivity contribution is 0.401. The minimum Gasteiger partial charge on any atom is -0.351 e. The number of rotatable bonds is 4. The van der Waals surface area contributed by atoms with Gasteiger partial charge in [-0.05, 0) is 30.9 Å². The minimum atomic E-state index is -0.473. The lowest BCUT2D eigenvalue weighted by atomic mass is 9.91. The van der Waals surface area contributed by atoms with Crippen LogP contribution in [-0.2, 0) is 13.6 Å². The molecule has 28 heavy (non-hydrogen) atoms. The molecule has 2 atom stereocenters. The van der Waals surface area contributed by atoms with Gasteiger partial charge < -0.3 is 11.1 Å². The number of benzene rings is 1. The molecule has 1 aliphatic carbocycles. The molecule has 0 aliphatic heterocycles. The standard InChI is InChI=1S/C20H26N6O2/c1-12-7-3-4-8-13(12)11-26-16-17(25(2)20(28)24-18(16)27)23-19(26)22-15-10-6-5-9-14(15)21/h3-4,7-8,14-15H,5-6,9-11,21H2,1-2H3,(H,22,23)(H,24,27,28)/t14?,15-/m0/s1. The van der Waals surface area contributed by atoms with E-state index in [9.17, 15) is 9.59 Å². The van der Waals surface area contributed by atoms with Crippen molar-refractivity contribution in [1.82, 2.24) is 19.1 Å². The molecule has 2 heterocycles. The first kappa shape index (κ1) is 18.5. The highest BCUT2D eigenvalue weighted by atomic mass is 16.2. The van der Waals surface area contributed by atoms with Crippen LogP contribution in [-0.4, -0.2) is 31.2 Å². The molecule has 0 spiro atoms. The molecule has 8 nitrogen and oxygen atoms in total. The van der Waals surface area contributed by atoms with Crippen LogP contribution in [0.5, 0.6) is 0 Å². The fourth-order valence-corrected chi connectivity index (χ4v) is 3.96. The SMILES string of the molecule is Cc1ccccc1Cn1c(N[C@H]2CCCCC2N)nc2c1c(=O)[nH]c(=O)n2C. The Morgan fingerprint density at radius 3 is 2.75 bits per heavy atom. The van der Waals surface area contributed by atoms with Crippen molar-refractivity contribution in [2.45, 2.75) is 51.2 Å². The molecule has 4 rings (SSSR count). The van der Waals surface area contributed by atoms with Crippen LogP contribution >= 0.6 is 0 Å². The zero-order valence-electron chi connectivity index (χ0n) is 16.2. The van der Waals surface area contributed by atoms with Gasteiger partial charge in [-0.1, -0.05) is 37.1 Å². The number of imidazole rings is 1. The molecule has 0 saturated heterocycles. The number of aromatic amines is 1. The van der Waals surface area contributed by atoms with E-state index in [4.69, 9.17) is 5.73 Å². The van der Waals surface area contributed by atoms with Crippen LogP contribution in [0.3, 0.4) is 0 Å². The maximum atomic E-state index is 12.6. The maximum absolute atomic E-state index is 12.6. The fourth-order valence-electron chi connectivity index (χ4n) is 3.96. The summed E-state index contributed by atoms with van der Waals surface area (Å²) in [5.41, 5.74) is 8.38. The molecule has 8 heteroatoms. The Morgan fingerprint density at radius 1 is 1.25 bits per heavy atom. The lowest BCUT2D eigenvalue weighted by Gasteiger charge is -2.29. The number of nitrogens with zero attached hydrogens (tertiary/aromatic N) is 3. The van der Waals surface area contributed by atoms with Crippen LogP contribution in [0.15, 0.2) is 33.9 Å². The normalized spacial score (nSPS) is 19.8. The second-order valence-electron chi connectivity index (χ2n) is 7.64. The van der Waals surface area contributed by atoms with Gasteiger partial charge in [0.25, 0.3) is 5.56 Å². The summed E-state index contributed by atoms with van der Waals surface area (Å²) in [4.78, 5) is 31.7. The third-order valence-corrected chi connectivity index (χ3v) is 5.73. The van der Waals surface area contributed by atoms with Gasteiger partial charge in [0.2, 0.25) is 5.95 Å². The fraction of sp³-hybridized carbons (Fsp3) is 0.450. The predicted molar refractivity (Wildman–Crippen MR) is 110 cm³/mol. The number of hydrogen-bond acceptors (Lipinski definition) is 5. The molecule has 1 aromatic carbocycles. The molecule has 1 saturated carbocycles. The van der Waals surface area contributed by atoms with E-state index in [1.165, 1.54) is 4.57 Å². The number of nitrogens with one attached hydrogen (secondary N) is 2. The largest absolute Gasteiger partial charge is 0.351 e. The van der Waals surface area contributed by atoms with E-state index >= 15 is 0 Å². The molecule has 3 aromatic rings. The van der Waals surface area contributed by atoms with Crippen molar-refractivity contribution in [3.05, 3.63) is 56.2 Å². The quantitative estimate of drug-likeness (QED) is 0.633. The van der Waals surface area contributed by atoms with Crippen molar-refractivity contribution in [3.8, 4) is 0 Å². The summed E-state index contributed by atoms with van der Waals surface area (Å²) in [6.07, 6.45) is 4.17. The van der Waals surface area contributed by atoms with Crippen molar-refractivity contribution >= 4 is 17.1 Å². The molecular weight excluding hydrogens is 356 g/mol. The van der Waals surface area contributed by atoms with Gasteiger partial charge >= 0.3 is 5.69 Å². The Balaban J connectivity index is 1.86. The molecule has 1 aliphatic rings. The number of H-pyrrole nitrogens is 1. The molecule has 1 fully saturated rings. The van der Waals surface area contributed by atoms with Crippen LogP contribution in [0.25, 0.3) is 11.2 Å². The first-order valence-corrected chi connectivity index (χ1v) is 9.72. The molecule has 148 valence electrons. The number of hydrogen-bond donors (Lipinski definition) is 3. The number of anilines is 1. The van der Waals surface area contributed by atoms with Crippen molar-refractivity contribution in [2.75, 3.05) is 5.32 Å². The summed E-state index contributed by atoms with van der Waals surface area (Å²) in [6, 6.07) is 8.18. The number of nitrogens with two attached hydrogens (primary N) is 1. The second-order valence-corrected chi connectivity index (χ2v) is 7.64. The van der Waals surface area contributed by atoms with E-state index in [2.05, 4.69) is 15.3 Å². The maximum Gasteiger partial charge on any atom is 0.329 e. The van der Waals surface area contributed by atoms with Crippen LogP contribution in [0.1, 0.15) is 36.8 Å². The molecule has 0 amide bonds. The highest BCUT2D eigenvalue weighted by molar-refractivity contribution is 5.74. The van der Waals surface area contributed by atoms with Gasteiger partial charge in [-0.2, -0.15) is 4.98 Å². The van der Waals surface area contributed by atoms with Crippen molar-refractivity contribution in [3.63, 3.8) is 0 Å². The van der Waals surface area contributed by atoms with Gasteiger partial charge in [0.05, 0.1) is 6.54 Å². The van der Waals surface area contributed by atoms with Gasteiger partial charge in [-0.3, -0.25) is 18.9 Å². The van der Waals surface area contributed by atoms with Gasteiger partial charge in [0, 0.05) is 19.1 Å². The van der Waals surface area contributed by atoms with Crippen LogP contribution < -0.4 is 22.3 Å². The van der Waals surface area contributed by atoms with Crippen molar-refractivity contribution in [2.24, 2.45) is 12.8 Å². The minimum absolute atomic E-state index is 0.0441. The average Bonchev–Trinajstić information content (AvgIpc) is 3.02. The summed E-state index contributed by atoms with van der Waals surface area (Å²) in [5.74, 6) is 0.576. The summed E-state index contributed by atoms with van der Waals surface area (Å²) >= 11 is 0. The van der Waals surface area contributed by atoms with E-state index in [1.54, 1.807) is 7.05 Å². The molecule has 1 unspecified atom stereocenters. The first-order valence-electron chi connectivity index (χ1n) is 9.72. The highest BCUT2D eigenvalue weighted by Gasteiger charge is 2.25. The Bertz CT molecular complexity index is 1130. The van der Waals surface area contributed by atoms with Crippen molar-refractivity contribution < 1.29 is 0 Å². The first-order chi connectivity index (χ1) is 13.5. The summed E-state index contributed by atoms with van der Waals surface area (Å²) in [7, 11) is 1.61. The zero-order chi connectivity index (χ0) is 19.8. The van der Waals surface area contributed by atoms with Crippen molar-refractivity contribution in [1.29, 1.82) is 0 Å². The summed E-state index contributed by atoms with van der Waals surface area (Å²) < 4.78 is 3.23. The third-order valence-electron chi connectivity index (χ3n) is 5.73. The van der Waals surface area contributed by atoms with E-state index in [-0.39, 0.29) is 12.1 Å². The van der Waals surface area contributed by atoms with Gasteiger partial charge in [-0.15, -0.1) is 0 Å². The van der Waals surface area contributed by atoms with Gasteiger partial charge in [0.1, 0.15) is 0 Å². The molecule has 0 radical (unpaired) electrons. The molecular formula is C20H26N6O2. The van der Waals surface area contributed by atoms with Gasteiger partial charge in [-0.25, -0.2) is 4.79 Å². The Labute approximate surface area is 162 Å². The summed E-state index contributed by atoms with van der Waals surface area (Å²) in [6.45, 7) is 2.52. The van der Waals surface area contributed by atoms with E-state index in [0.717, 1.165) is 36.8 Å². The Morgan fingerprint density at radius 2 is 2.00 bits per heavy atom. The Hall–Kier alpha value is -2.87. The topological polar surface area (TPSA) is 111 Å². The van der Waals surface area contributed by atoms with Crippen LogP contribution in [0.2, 0.25) is 0 Å². The number of aryl methyl sites for hydroxylation is 2. The second kappa shape index (κ2) is 7.27. The Kier molecular flexibility index (Phi) is 4.80. The van der Waals surface area contributed by atoms with Crippen LogP contribution in [0, 0.1) is 6.92 Å². The van der Waals surface area contributed by atoms with E-state index < -0.39 is 11.2 Å². The highest BCUT2D eigenvalue weighted by Crippen LogP contribution is 2.24. The lowest BCUT2D eigenvalue weighted by Crippen LogP contribution is -2.43. The zero-order valence-corrected chi connectivity index (χ0v) is 16.2. The monoisotopic (exact) mass is 382 g/mol. The smallest absolute Gasteiger partial charge is 0.329 e. The molecule has 0 bridgehead atoms. The number of fused-ring (bicyclic) bond motifs is 1. The third kappa shape index (κ3) is 3.24.